The molecular weight excluding hydrogens is 614 g/mol. The van der Waals surface area contributed by atoms with Crippen LogP contribution in [0.5, 0.6) is 0 Å². The molecular formula is C31H24ClF4N7O2. The van der Waals surface area contributed by atoms with Gasteiger partial charge in [0.25, 0.3) is 5.56 Å². The molecule has 1 aliphatic heterocycles. The largest absolute Gasteiger partial charge is 0.436 e. The topological polar surface area (TPSA) is 108 Å². The van der Waals surface area contributed by atoms with Crippen molar-refractivity contribution >= 4 is 23.2 Å². The van der Waals surface area contributed by atoms with Crippen molar-refractivity contribution in [1.82, 2.24) is 29.5 Å². The molecule has 14 heteroatoms. The molecule has 0 saturated carbocycles. The number of halogens is 5. The van der Waals surface area contributed by atoms with Crippen LogP contribution in [-0.4, -0.2) is 35.4 Å². The summed E-state index contributed by atoms with van der Waals surface area (Å²) in [6, 6.07) is 13.7. The van der Waals surface area contributed by atoms with E-state index in [9.17, 15) is 27.2 Å². The van der Waals surface area contributed by atoms with Crippen LogP contribution in [0.4, 0.5) is 23.2 Å². The lowest BCUT2D eigenvalue weighted by atomic mass is 9.93. The number of alkyl halides is 3. The molecule has 45 heavy (non-hydrogen) atoms. The summed E-state index contributed by atoms with van der Waals surface area (Å²) in [4.78, 5) is 34.8. The van der Waals surface area contributed by atoms with Gasteiger partial charge in [-0.3, -0.25) is 14.2 Å². The fraction of sp³-hybridized carbons (Fsp3) is 0.226. The number of amides is 1. The van der Waals surface area contributed by atoms with Crippen LogP contribution in [0.2, 0.25) is 5.02 Å². The Morgan fingerprint density at radius 3 is 2.58 bits per heavy atom. The number of hydrogen-bond acceptors (Lipinski definition) is 6. The molecule has 1 N–H and O–H groups in total. The van der Waals surface area contributed by atoms with E-state index in [1.807, 2.05) is 12.1 Å². The zero-order valence-corrected chi connectivity index (χ0v) is 24.3. The number of nitrogens with zero attached hydrogens (tertiary/aromatic N) is 6. The van der Waals surface area contributed by atoms with Crippen LogP contribution in [0, 0.1) is 11.9 Å². The molecule has 6 rings (SSSR count). The van der Waals surface area contributed by atoms with Gasteiger partial charge in [-0.1, -0.05) is 48.4 Å². The van der Waals surface area contributed by atoms with Gasteiger partial charge in [-0.05, 0) is 48.2 Å². The Hall–Kier alpha value is -4.91. The summed E-state index contributed by atoms with van der Waals surface area (Å²) in [6.45, 7) is 1.80. The third-order valence-corrected chi connectivity index (χ3v) is 7.95. The predicted octanol–water partition coefficient (Wildman–Crippen LogP) is 6.71. The van der Waals surface area contributed by atoms with Crippen molar-refractivity contribution in [2.75, 3.05) is 5.32 Å². The maximum Gasteiger partial charge on any atom is 0.436 e. The number of benzene rings is 2. The summed E-state index contributed by atoms with van der Waals surface area (Å²) in [7, 11) is 0. The van der Waals surface area contributed by atoms with Crippen LogP contribution >= 0.6 is 11.6 Å². The fourth-order valence-corrected chi connectivity index (χ4v) is 5.54. The number of rotatable bonds is 3. The second-order valence-corrected chi connectivity index (χ2v) is 11.2. The van der Waals surface area contributed by atoms with Gasteiger partial charge in [0.1, 0.15) is 0 Å². The van der Waals surface area contributed by atoms with E-state index in [0.29, 0.717) is 36.1 Å². The Morgan fingerprint density at radius 1 is 1.00 bits per heavy atom. The van der Waals surface area contributed by atoms with Crippen LogP contribution in [0.25, 0.3) is 28.1 Å². The van der Waals surface area contributed by atoms with Crippen molar-refractivity contribution in [3.63, 3.8) is 0 Å². The van der Waals surface area contributed by atoms with Crippen LogP contribution in [0.15, 0.2) is 78.1 Å². The van der Waals surface area contributed by atoms with Gasteiger partial charge in [-0.15, -0.1) is 5.10 Å². The van der Waals surface area contributed by atoms with Crippen LogP contribution in [-0.2, 0) is 11.0 Å². The first-order valence-corrected chi connectivity index (χ1v) is 14.3. The van der Waals surface area contributed by atoms with Gasteiger partial charge >= 0.3 is 6.18 Å². The summed E-state index contributed by atoms with van der Waals surface area (Å²) in [5.74, 6) is -1.30. The van der Waals surface area contributed by atoms with Crippen molar-refractivity contribution in [3.05, 3.63) is 106 Å². The minimum atomic E-state index is -4.69. The normalized spacial score (nSPS) is 17.2. The second kappa shape index (κ2) is 11.9. The van der Waals surface area contributed by atoms with Crippen LogP contribution in [0.1, 0.15) is 43.5 Å². The van der Waals surface area contributed by atoms with Crippen LogP contribution < -0.4 is 10.9 Å². The number of hydrogen-bond donors (Lipinski definition) is 1. The first-order chi connectivity index (χ1) is 21.5. The SMILES string of the molecule is CC1CCCC(n2cnc(-c3cc(Cl)ccc3-n3cc(C(F)(F)F)nn3)cc2=O)c2cccc(c2)-c2cc(F)ncc2NC1=O. The maximum atomic E-state index is 14.2. The molecule has 1 amide bonds. The lowest BCUT2D eigenvalue weighted by Crippen LogP contribution is -2.26. The van der Waals surface area contributed by atoms with E-state index >= 15 is 0 Å². The molecule has 2 aromatic carbocycles. The molecule has 0 radical (unpaired) electrons. The highest BCUT2D eigenvalue weighted by Crippen LogP contribution is 2.35. The molecule has 9 nitrogen and oxygen atoms in total. The average Bonchev–Trinajstić information content (AvgIpc) is 3.51. The Kier molecular flexibility index (Phi) is 7.96. The second-order valence-electron chi connectivity index (χ2n) is 10.7. The molecule has 0 saturated heterocycles. The monoisotopic (exact) mass is 637 g/mol. The molecule has 5 aromatic rings. The first kappa shape index (κ1) is 30.1. The van der Waals surface area contributed by atoms with Gasteiger partial charge in [0, 0.05) is 34.2 Å². The minimum absolute atomic E-state index is 0.168. The van der Waals surface area contributed by atoms with Crippen molar-refractivity contribution in [1.29, 1.82) is 0 Å². The van der Waals surface area contributed by atoms with Gasteiger partial charge in [-0.25, -0.2) is 14.6 Å². The molecule has 1 aliphatic rings. The highest BCUT2D eigenvalue weighted by molar-refractivity contribution is 6.31. The molecule has 2 atom stereocenters. The summed E-state index contributed by atoms with van der Waals surface area (Å²) < 4.78 is 56.2. The molecule has 4 heterocycles. The van der Waals surface area contributed by atoms with Crippen molar-refractivity contribution < 1.29 is 22.4 Å². The smallest absolute Gasteiger partial charge is 0.324 e. The zero-order valence-electron chi connectivity index (χ0n) is 23.6. The number of carbonyl (C=O) groups is 1. The van der Waals surface area contributed by atoms with Gasteiger partial charge in [0.15, 0.2) is 5.69 Å². The van der Waals surface area contributed by atoms with Crippen molar-refractivity contribution in [2.24, 2.45) is 5.92 Å². The number of pyridine rings is 1. The van der Waals surface area contributed by atoms with E-state index in [4.69, 9.17) is 11.6 Å². The third kappa shape index (κ3) is 6.21. The summed E-state index contributed by atoms with van der Waals surface area (Å²) in [6.07, 6.45) is 0.319. The zero-order chi connectivity index (χ0) is 31.9. The van der Waals surface area contributed by atoms with E-state index < -0.39 is 29.4 Å². The molecule has 230 valence electrons. The van der Waals surface area contributed by atoms with Gasteiger partial charge in [0.2, 0.25) is 11.9 Å². The van der Waals surface area contributed by atoms with E-state index in [1.165, 1.54) is 47.4 Å². The number of aromatic nitrogens is 6. The van der Waals surface area contributed by atoms with Gasteiger partial charge < -0.3 is 5.32 Å². The average molecular weight is 638 g/mol. The van der Waals surface area contributed by atoms with Gasteiger partial charge in [0.05, 0.1) is 41.8 Å². The highest BCUT2D eigenvalue weighted by Gasteiger charge is 2.35. The predicted molar refractivity (Wildman–Crippen MR) is 158 cm³/mol. The van der Waals surface area contributed by atoms with Crippen molar-refractivity contribution in [3.8, 4) is 28.1 Å². The van der Waals surface area contributed by atoms with E-state index in [0.717, 1.165) is 16.4 Å². The first-order valence-electron chi connectivity index (χ1n) is 13.9. The minimum Gasteiger partial charge on any atom is -0.324 e. The third-order valence-electron chi connectivity index (χ3n) is 7.71. The molecule has 0 aliphatic carbocycles. The molecule has 0 fully saturated rings. The van der Waals surface area contributed by atoms with E-state index in [1.54, 1.807) is 19.1 Å². The summed E-state index contributed by atoms with van der Waals surface area (Å²) >= 11 is 6.23. The standard InChI is InChI=1S/C31H24ClF4N7O2/c1-17-4-2-7-25(19-6-3-5-18(10-19)21-12-28(33)37-14-24(21)39-30(17)45)42-16-38-23(13-29(42)44)22-11-20(32)8-9-26(22)43-15-27(40-41-43)31(34,35)36/h3,5-6,8-17,25H,2,4,7H2,1H3,(H,39,45). The molecule has 2 bridgehead atoms. The number of anilines is 1. The maximum absolute atomic E-state index is 14.2. The lowest BCUT2D eigenvalue weighted by molar-refractivity contribution is -0.141. The number of nitrogens with one attached hydrogen (secondary N) is 1. The quantitative estimate of drug-likeness (QED) is 0.174. The number of fused-ring (bicyclic) bond motifs is 4. The Balaban J connectivity index is 1.42. The number of carbonyl (C=O) groups excluding carboxylic acids is 1. The summed E-state index contributed by atoms with van der Waals surface area (Å²) in [5, 5.41) is 9.97. The van der Waals surface area contributed by atoms with Crippen molar-refractivity contribution in [2.45, 2.75) is 38.4 Å². The molecule has 0 spiro atoms. The van der Waals surface area contributed by atoms with E-state index in [-0.39, 0.29) is 33.8 Å². The lowest BCUT2D eigenvalue weighted by Gasteiger charge is -2.23. The summed E-state index contributed by atoms with van der Waals surface area (Å²) in [5.41, 5.74) is 1.23. The Bertz CT molecular complexity index is 1970. The van der Waals surface area contributed by atoms with Gasteiger partial charge in [-0.2, -0.15) is 17.6 Å². The molecule has 2 unspecified atom stereocenters. The molecule has 3 aromatic heterocycles. The fourth-order valence-electron chi connectivity index (χ4n) is 5.37. The Morgan fingerprint density at radius 2 is 1.82 bits per heavy atom. The highest BCUT2D eigenvalue weighted by atomic mass is 35.5. The Labute approximate surface area is 258 Å². The van der Waals surface area contributed by atoms with Crippen LogP contribution in [0.3, 0.4) is 0 Å². The van der Waals surface area contributed by atoms with E-state index in [2.05, 4.69) is 25.6 Å².